The normalized spacial score (nSPS) is 16.0. The Morgan fingerprint density at radius 1 is 1.11 bits per heavy atom. The zero-order valence-corrected chi connectivity index (χ0v) is 18.0. The summed E-state index contributed by atoms with van der Waals surface area (Å²) in [5.41, 5.74) is 3.19. The van der Waals surface area contributed by atoms with Crippen LogP contribution in [0.2, 0.25) is 10.2 Å². The van der Waals surface area contributed by atoms with Crippen molar-refractivity contribution >= 4 is 65.8 Å². The fourth-order valence-electron chi connectivity index (χ4n) is 2.83. The van der Waals surface area contributed by atoms with Crippen LogP contribution in [0.1, 0.15) is 11.1 Å². The molecule has 0 bridgehead atoms. The van der Waals surface area contributed by atoms with Gasteiger partial charge in [-0.1, -0.05) is 0 Å². The second-order valence-corrected chi connectivity index (χ2v) is 11.1. The maximum absolute atomic E-state index is 12.2. The molecule has 0 saturated carbocycles. The molecule has 0 aliphatic carbocycles. The summed E-state index contributed by atoms with van der Waals surface area (Å²) in [5.74, 6) is -0.118. The number of aryl methyl sites for hydroxylation is 1. The summed E-state index contributed by atoms with van der Waals surface area (Å²) >= 11 is 7.14. The first-order valence-electron chi connectivity index (χ1n) is 8.53. The molecule has 1 aliphatic rings. The molecule has 0 N–H and O–H groups in total. The number of thioether (sulfide) groups is 1. The summed E-state index contributed by atoms with van der Waals surface area (Å²) in [6.07, 6.45) is 4.69. The topological polar surface area (TPSA) is 42.3 Å². The number of carbonyl (C=O) groups excluding carboxylic acids is 1. The van der Waals surface area contributed by atoms with Crippen molar-refractivity contribution in [1.82, 2.24) is 4.98 Å². The second-order valence-electron chi connectivity index (χ2n) is 6.09. The van der Waals surface area contributed by atoms with Gasteiger partial charge in [0, 0.05) is 0 Å². The van der Waals surface area contributed by atoms with E-state index in [1.165, 1.54) is 17.3 Å². The Bertz CT molecular complexity index is 1080. The molecule has 0 spiro atoms. The third-order valence-corrected chi connectivity index (χ3v) is 8.47. The van der Waals surface area contributed by atoms with E-state index in [0.717, 1.165) is 36.9 Å². The molecule has 3 nitrogen and oxygen atoms in total. The average Bonchev–Trinajstić information content (AvgIpc) is 3.01. The molecule has 0 radical (unpaired) electrons. The van der Waals surface area contributed by atoms with Crippen molar-refractivity contribution in [3.8, 4) is 0 Å². The second kappa shape index (κ2) is 8.43. The van der Waals surface area contributed by atoms with E-state index in [0.29, 0.717) is 4.91 Å². The minimum absolute atomic E-state index is 0.118. The van der Waals surface area contributed by atoms with Crippen LogP contribution in [0.15, 0.2) is 70.7 Å². The van der Waals surface area contributed by atoms with Crippen LogP contribution in [0.3, 0.4) is 0 Å². The summed E-state index contributed by atoms with van der Waals surface area (Å²) < 4.78 is 1.01. The number of rotatable bonds is 5. The molecule has 0 saturated heterocycles. The van der Waals surface area contributed by atoms with Crippen LogP contribution in [0.5, 0.6) is 0 Å². The Hall–Kier alpha value is -1.87. The van der Waals surface area contributed by atoms with Crippen LogP contribution >= 0.6 is 23.4 Å². The van der Waals surface area contributed by atoms with Crippen LogP contribution in [0.4, 0.5) is 0 Å². The summed E-state index contributed by atoms with van der Waals surface area (Å²) in [7, 11) is 0. The molecule has 1 unspecified atom stereocenters. The number of aliphatic imine (C=N–C) groups is 1. The molecule has 6 heteroatoms. The number of benzene rings is 2. The molecule has 1 aromatic heterocycles. The van der Waals surface area contributed by atoms with Gasteiger partial charge in [0.15, 0.2) is 0 Å². The zero-order chi connectivity index (χ0) is 18.6. The van der Waals surface area contributed by atoms with Crippen LogP contribution in [-0.2, 0) is 11.2 Å². The van der Waals surface area contributed by atoms with Crippen molar-refractivity contribution < 1.29 is 4.79 Å². The number of hydrogen-bond donors (Lipinski definition) is 0. The van der Waals surface area contributed by atoms with Gasteiger partial charge in [0.2, 0.25) is 0 Å². The number of fused-ring (bicyclic) bond motifs is 1. The molecule has 27 heavy (non-hydrogen) atoms. The molecule has 0 fully saturated rings. The number of amides is 1. The SMILES string of the molecule is O=C1N=C([AsH]CCc2cccc(Cl)c2)SC1=Cc1ccc2ncccc2c1. The van der Waals surface area contributed by atoms with Gasteiger partial charge in [-0.05, 0) is 0 Å². The summed E-state index contributed by atoms with van der Waals surface area (Å²) in [6.45, 7) is 0. The van der Waals surface area contributed by atoms with Gasteiger partial charge in [0.1, 0.15) is 0 Å². The van der Waals surface area contributed by atoms with Crippen molar-refractivity contribution in [1.29, 1.82) is 0 Å². The van der Waals surface area contributed by atoms with Crippen LogP contribution < -0.4 is 0 Å². The maximum atomic E-state index is 12.2. The molecule has 2 aromatic carbocycles. The third-order valence-electron chi connectivity index (χ3n) is 4.12. The molecule has 134 valence electrons. The van der Waals surface area contributed by atoms with E-state index in [9.17, 15) is 4.79 Å². The molecular formula is C21H16AsClN2OS. The van der Waals surface area contributed by atoms with Gasteiger partial charge in [-0.3, -0.25) is 0 Å². The van der Waals surface area contributed by atoms with Crippen LogP contribution in [-0.4, -0.2) is 30.5 Å². The molecule has 1 aliphatic heterocycles. The summed E-state index contributed by atoms with van der Waals surface area (Å²) in [6, 6.07) is 17.9. The Labute approximate surface area is 173 Å². The van der Waals surface area contributed by atoms with Gasteiger partial charge in [-0.25, -0.2) is 0 Å². The Balaban J connectivity index is 1.40. The van der Waals surface area contributed by atoms with Crippen LogP contribution in [0, 0.1) is 0 Å². The first kappa shape index (κ1) is 18.5. The van der Waals surface area contributed by atoms with Gasteiger partial charge in [0.05, 0.1) is 0 Å². The first-order valence-corrected chi connectivity index (χ1v) is 12.3. The fraction of sp³-hybridized carbons (Fsp3) is 0.0952. The molecule has 1 amide bonds. The Morgan fingerprint density at radius 3 is 2.93 bits per heavy atom. The standard InChI is InChI=1S/C21H16AsClN2OS/c23-17-5-1-3-14(12-17)8-9-22-21-25-20(26)19(27-21)13-15-6-7-18-16(11-15)4-2-10-24-18/h1-7,10-13,22H,8-9H2. The van der Waals surface area contributed by atoms with E-state index in [1.54, 1.807) is 6.20 Å². The predicted molar refractivity (Wildman–Crippen MR) is 117 cm³/mol. The van der Waals surface area contributed by atoms with Gasteiger partial charge in [-0.2, -0.15) is 0 Å². The number of hydrogen-bond acceptors (Lipinski definition) is 3. The van der Waals surface area contributed by atoms with Crippen molar-refractivity contribution in [2.75, 3.05) is 0 Å². The van der Waals surface area contributed by atoms with Crippen molar-refractivity contribution in [2.24, 2.45) is 4.99 Å². The number of aromatic nitrogens is 1. The monoisotopic (exact) mass is 454 g/mol. The van der Waals surface area contributed by atoms with E-state index in [-0.39, 0.29) is 5.91 Å². The Kier molecular flexibility index (Phi) is 5.77. The Morgan fingerprint density at radius 2 is 2.04 bits per heavy atom. The molecule has 1 atom stereocenters. The van der Waals surface area contributed by atoms with Gasteiger partial charge < -0.3 is 0 Å². The first-order chi connectivity index (χ1) is 13.2. The van der Waals surface area contributed by atoms with E-state index >= 15 is 0 Å². The number of halogens is 1. The van der Waals surface area contributed by atoms with E-state index in [1.807, 2.05) is 48.5 Å². The van der Waals surface area contributed by atoms with E-state index < -0.39 is 15.8 Å². The molecule has 3 aromatic rings. The summed E-state index contributed by atoms with van der Waals surface area (Å²) in [5, 5.41) is 2.90. The fourth-order valence-corrected chi connectivity index (χ4v) is 7.15. The van der Waals surface area contributed by atoms with E-state index in [2.05, 4.69) is 22.1 Å². The van der Waals surface area contributed by atoms with Crippen molar-refractivity contribution in [3.05, 3.63) is 81.8 Å². The third kappa shape index (κ3) is 4.70. The molecular weight excluding hydrogens is 439 g/mol. The predicted octanol–water partition coefficient (Wildman–Crippen LogP) is 4.96. The molecule has 4 rings (SSSR count). The quantitative estimate of drug-likeness (QED) is 0.404. The number of nitrogens with zero attached hydrogens (tertiary/aromatic N) is 2. The number of pyridine rings is 1. The van der Waals surface area contributed by atoms with Gasteiger partial charge in [0.25, 0.3) is 0 Å². The number of carbonyl (C=O) groups is 1. The van der Waals surface area contributed by atoms with Gasteiger partial charge in [-0.15, -0.1) is 0 Å². The van der Waals surface area contributed by atoms with Crippen molar-refractivity contribution in [2.45, 2.75) is 11.6 Å². The van der Waals surface area contributed by atoms with Gasteiger partial charge >= 0.3 is 174 Å². The van der Waals surface area contributed by atoms with Crippen LogP contribution in [0.25, 0.3) is 17.0 Å². The van der Waals surface area contributed by atoms with E-state index in [4.69, 9.17) is 11.6 Å². The zero-order valence-electron chi connectivity index (χ0n) is 14.4. The minimum atomic E-state index is -0.421. The molecule has 2 heterocycles. The average molecular weight is 455 g/mol. The van der Waals surface area contributed by atoms with Crippen molar-refractivity contribution in [3.63, 3.8) is 0 Å². The summed E-state index contributed by atoms with van der Waals surface area (Å²) in [4.78, 5) is 21.5.